The van der Waals surface area contributed by atoms with Crippen molar-refractivity contribution >= 4 is 5.82 Å². The molecular weight excluding hydrogens is 214 g/mol. The molecule has 4 nitrogen and oxygen atoms in total. The summed E-state index contributed by atoms with van der Waals surface area (Å²) in [7, 11) is 0. The molecule has 3 heterocycles. The highest BCUT2D eigenvalue weighted by Gasteiger charge is 2.36. The second-order valence-electron chi connectivity index (χ2n) is 4.84. The van der Waals surface area contributed by atoms with Crippen LogP contribution in [0.2, 0.25) is 0 Å². The third-order valence-corrected chi connectivity index (χ3v) is 3.61. The van der Waals surface area contributed by atoms with Gasteiger partial charge < -0.3 is 15.0 Å². The lowest BCUT2D eigenvalue weighted by Crippen LogP contribution is -2.55. The third-order valence-electron chi connectivity index (χ3n) is 3.61. The van der Waals surface area contributed by atoms with Crippen molar-refractivity contribution in [1.82, 2.24) is 10.3 Å². The van der Waals surface area contributed by atoms with Crippen LogP contribution in [0, 0.1) is 0 Å². The summed E-state index contributed by atoms with van der Waals surface area (Å²) in [4.78, 5) is 7.11. The van der Waals surface area contributed by atoms with E-state index in [0.717, 1.165) is 31.2 Å². The quantitative estimate of drug-likeness (QED) is 0.833. The van der Waals surface area contributed by atoms with E-state index < -0.39 is 0 Å². The van der Waals surface area contributed by atoms with Crippen LogP contribution < -0.4 is 15.0 Å². The molecule has 1 aromatic rings. The molecule has 1 N–H and O–H groups in total. The smallest absolute Gasteiger partial charge is 0.215 e. The van der Waals surface area contributed by atoms with Crippen LogP contribution in [-0.2, 0) is 6.42 Å². The Hall–Kier alpha value is -1.29. The van der Waals surface area contributed by atoms with Gasteiger partial charge in [-0.25, -0.2) is 0 Å². The lowest BCUT2D eigenvalue weighted by molar-refractivity contribution is 0.326. The highest BCUT2D eigenvalue weighted by atomic mass is 16.5. The number of anilines is 1. The van der Waals surface area contributed by atoms with Crippen LogP contribution in [-0.4, -0.2) is 36.8 Å². The van der Waals surface area contributed by atoms with Crippen LogP contribution in [0.25, 0.3) is 0 Å². The highest BCUT2D eigenvalue weighted by molar-refractivity contribution is 5.56. The topological polar surface area (TPSA) is 37.4 Å². The van der Waals surface area contributed by atoms with Gasteiger partial charge in [-0.1, -0.05) is 0 Å². The number of hydrogen-bond acceptors (Lipinski definition) is 4. The number of hydrogen-bond donors (Lipinski definition) is 1. The van der Waals surface area contributed by atoms with Crippen molar-refractivity contribution in [3.63, 3.8) is 0 Å². The minimum atomic E-state index is 0.513. The first kappa shape index (κ1) is 10.8. The number of nitrogens with one attached hydrogen (secondary N) is 1. The maximum atomic E-state index is 5.49. The molecule has 0 radical (unpaired) electrons. The van der Waals surface area contributed by atoms with E-state index in [1.54, 1.807) is 0 Å². The van der Waals surface area contributed by atoms with Gasteiger partial charge >= 0.3 is 0 Å². The van der Waals surface area contributed by atoms with Gasteiger partial charge in [-0.05, 0) is 31.9 Å². The Balaban J connectivity index is 1.95. The van der Waals surface area contributed by atoms with Crippen LogP contribution in [0.15, 0.2) is 12.1 Å². The number of ether oxygens (including phenoxy) is 1. The molecule has 0 spiro atoms. The molecule has 2 aliphatic heterocycles. The summed E-state index contributed by atoms with van der Waals surface area (Å²) in [6.45, 7) is 7.02. The van der Waals surface area contributed by atoms with E-state index in [2.05, 4.69) is 28.2 Å². The minimum absolute atomic E-state index is 0.513. The van der Waals surface area contributed by atoms with Crippen molar-refractivity contribution in [3.8, 4) is 5.88 Å². The number of pyridine rings is 1. The largest absolute Gasteiger partial charge is 0.478 e. The summed E-state index contributed by atoms with van der Waals surface area (Å²) in [6, 6.07) is 5.23. The Morgan fingerprint density at radius 2 is 2.35 bits per heavy atom. The summed E-state index contributed by atoms with van der Waals surface area (Å²) in [5.74, 6) is 1.88. The molecule has 17 heavy (non-hydrogen) atoms. The zero-order valence-electron chi connectivity index (χ0n) is 10.4. The molecule has 1 fully saturated rings. The lowest BCUT2D eigenvalue weighted by atomic mass is 10.1. The van der Waals surface area contributed by atoms with Crippen molar-refractivity contribution in [2.45, 2.75) is 32.4 Å². The fourth-order valence-corrected chi connectivity index (χ4v) is 2.89. The molecule has 0 unspecified atom stereocenters. The Morgan fingerprint density at radius 1 is 1.47 bits per heavy atom. The van der Waals surface area contributed by atoms with Gasteiger partial charge in [-0.2, -0.15) is 4.98 Å². The fraction of sp³-hybridized carbons (Fsp3) is 0.615. The van der Waals surface area contributed by atoms with Gasteiger partial charge in [0.2, 0.25) is 5.88 Å². The fourth-order valence-electron chi connectivity index (χ4n) is 2.89. The van der Waals surface area contributed by atoms with Gasteiger partial charge in [0.1, 0.15) is 5.82 Å². The molecule has 0 amide bonds. The van der Waals surface area contributed by atoms with Gasteiger partial charge in [-0.3, -0.25) is 0 Å². The molecule has 3 rings (SSSR count). The van der Waals surface area contributed by atoms with Crippen molar-refractivity contribution in [2.75, 3.05) is 24.6 Å². The normalized spacial score (nSPS) is 26.6. The lowest BCUT2D eigenvalue weighted by Gasteiger charge is -2.37. The number of nitrogens with zero attached hydrogens (tertiary/aromatic N) is 2. The van der Waals surface area contributed by atoms with Crippen molar-refractivity contribution in [1.29, 1.82) is 0 Å². The Morgan fingerprint density at radius 3 is 3.18 bits per heavy atom. The van der Waals surface area contributed by atoms with Gasteiger partial charge in [0, 0.05) is 31.2 Å². The molecule has 2 aliphatic rings. The first-order chi connectivity index (χ1) is 8.29. The maximum Gasteiger partial charge on any atom is 0.215 e. The first-order valence-electron chi connectivity index (χ1n) is 6.41. The molecule has 0 bridgehead atoms. The predicted octanol–water partition coefficient (Wildman–Crippen LogP) is 1.20. The van der Waals surface area contributed by atoms with E-state index in [1.165, 1.54) is 5.56 Å². The van der Waals surface area contributed by atoms with E-state index in [4.69, 9.17) is 4.74 Å². The molecule has 92 valence electrons. The van der Waals surface area contributed by atoms with Gasteiger partial charge in [-0.15, -0.1) is 0 Å². The summed E-state index contributed by atoms with van der Waals surface area (Å²) in [5, 5.41) is 3.48. The van der Waals surface area contributed by atoms with Crippen LogP contribution in [0.4, 0.5) is 5.82 Å². The second-order valence-corrected chi connectivity index (χ2v) is 4.84. The Labute approximate surface area is 102 Å². The zero-order chi connectivity index (χ0) is 11.8. The van der Waals surface area contributed by atoms with Crippen LogP contribution in [0.1, 0.15) is 19.4 Å². The Bertz CT molecular complexity index is 421. The summed E-state index contributed by atoms with van der Waals surface area (Å²) >= 11 is 0. The van der Waals surface area contributed by atoms with E-state index in [1.807, 2.05) is 13.0 Å². The monoisotopic (exact) mass is 233 g/mol. The molecule has 0 saturated carbocycles. The second kappa shape index (κ2) is 4.18. The predicted molar refractivity (Wildman–Crippen MR) is 67.7 cm³/mol. The van der Waals surface area contributed by atoms with E-state index in [9.17, 15) is 0 Å². The van der Waals surface area contributed by atoms with Crippen LogP contribution in [0.3, 0.4) is 0 Å². The first-order valence-corrected chi connectivity index (χ1v) is 6.41. The standard InChI is InChI=1S/C13H19N3O/c1-3-17-12-5-4-10-6-11-8-14-7-9(2)16(11)13(10)15-12/h4-5,9,11,14H,3,6-8H2,1-2H3/t9-,11-/m1/s1. The summed E-state index contributed by atoms with van der Waals surface area (Å²) in [5.41, 5.74) is 1.36. The number of rotatable bonds is 2. The molecule has 0 aliphatic carbocycles. The zero-order valence-corrected chi connectivity index (χ0v) is 10.4. The van der Waals surface area contributed by atoms with Gasteiger partial charge in [0.25, 0.3) is 0 Å². The average Bonchev–Trinajstić information content (AvgIpc) is 2.68. The third kappa shape index (κ3) is 1.76. The van der Waals surface area contributed by atoms with E-state index >= 15 is 0 Å². The molecular formula is C13H19N3O. The van der Waals surface area contributed by atoms with E-state index in [0.29, 0.717) is 18.7 Å². The summed E-state index contributed by atoms with van der Waals surface area (Å²) < 4.78 is 5.49. The summed E-state index contributed by atoms with van der Waals surface area (Å²) in [6.07, 6.45) is 1.10. The highest BCUT2D eigenvalue weighted by Crippen LogP contribution is 2.34. The molecule has 2 atom stereocenters. The molecule has 1 aromatic heterocycles. The van der Waals surface area contributed by atoms with Gasteiger partial charge in [0.05, 0.1) is 6.61 Å². The number of piperazine rings is 1. The van der Waals surface area contributed by atoms with Crippen molar-refractivity contribution in [3.05, 3.63) is 17.7 Å². The van der Waals surface area contributed by atoms with Crippen LogP contribution in [0.5, 0.6) is 5.88 Å². The number of fused-ring (bicyclic) bond motifs is 3. The number of aromatic nitrogens is 1. The molecule has 1 saturated heterocycles. The van der Waals surface area contributed by atoms with E-state index in [-0.39, 0.29) is 0 Å². The van der Waals surface area contributed by atoms with Crippen molar-refractivity contribution < 1.29 is 4.74 Å². The molecule has 4 heteroatoms. The van der Waals surface area contributed by atoms with Gasteiger partial charge in [0.15, 0.2) is 0 Å². The van der Waals surface area contributed by atoms with Crippen LogP contribution >= 0.6 is 0 Å². The Kier molecular flexibility index (Phi) is 2.67. The average molecular weight is 233 g/mol. The maximum absolute atomic E-state index is 5.49. The SMILES string of the molecule is CCOc1ccc2c(n1)N1[C@@H](CNC[C@H]1C)C2. The van der Waals surface area contributed by atoms with Crippen molar-refractivity contribution in [2.24, 2.45) is 0 Å². The minimum Gasteiger partial charge on any atom is -0.478 e. The molecule has 0 aromatic carbocycles.